The average Bonchev–Trinajstić information content (AvgIpc) is 3.22. The second-order valence-electron chi connectivity index (χ2n) is 8.21. The molecule has 0 spiro atoms. The number of esters is 1. The molecule has 0 amide bonds. The highest BCUT2D eigenvalue weighted by Crippen LogP contribution is 2.35. The molecular weight excluding hydrogens is 414 g/mol. The highest BCUT2D eigenvalue weighted by Gasteiger charge is 2.25. The summed E-state index contributed by atoms with van der Waals surface area (Å²) in [5.74, 6) is 0.395. The van der Waals surface area contributed by atoms with Gasteiger partial charge in [-0.1, -0.05) is 18.5 Å². The minimum atomic E-state index is -0.481. The molecule has 1 atom stereocenters. The molecule has 0 aliphatic carbocycles. The van der Waals surface area contributed by atoms with E-state index < -0.39 is 5.97 Å². The summed E-state index contributed by atoms with van der Waals surface area (Å²) in [4.78, 5) is 19.8. The van der Waals surface area contributed by atoms with Gasteiger partial charge in [-0.25, -0.2) is 9.78 Å². The number of ether oxygens (including phenoxy) is 2. The normalized spacial score (nSPS) is 15.0. The lowest BCUT2D eigenvalue weighted by molar-refractivity contribution is 0.0598. The van der Waals surface area contributed by atoms with Crippen molar-refractivity contribution in [3.05, 3.63) is 45.6 Å². The molecule has 0 bridgehead atoms. The zero-order valence-electron chi connectivity index (χ0n) is 19.0. The molecule has 1 unspecified atom stereocenters. The van der Waals surface area contributed by atoms with Crippen molar-refractivity contribution >= 4 is 23.3 Å². The van der Waals surface area contributed by atoms with E-state index >= 15 is 0 Å². The summed E-state index contributed by atoms with van der Waals surface area (Å²) in [6, 6.07) is 5.75. The maximum absolute atomic E-state index is 12.8. The predicted octanol–water partition coefficient (Wildman–Crippen LogP) is 5.53. The van der Waals surface area contributed by atoms with E-state index in [1.54, 1.807) is 0 Å². The number of nitrogens with one attached hydrogen (secondary N) is 1. The van der Waals surface area contributed by atoms with Gasteiger partial charge < -0.3 is 19.7 Å². The second kappa shape index (κ2) is 10.3. The first kappa shape index (κ1) is 23.4. The van der Waals surface area contributed by atoms with E-state index in [0.29, 0.717) is 22.0 Å². The Morgan fingerprint density at radius 1 is 1.19 bits per heavy atom. The third-order valence-electron chi connectivity index (χ3n) is 5.66. The summed E-state index contributed by atoms with van der Waals surface area (Å²) in [5.41, 5.74) is 3.50. The van der Waals surface area contributed by atoms with Gasteiger partial charge >= 0.3 is 5.97 Å². The van der Waals surface area contributed by atoms with Crippen LogP contribution in [0, 0.1) is 20.8 Å². The Morgan fingerprint density at radius 2 is 1.84 bits per heavy atom. The molecule has 1 aliphatic rings. The molecule has 3 rings (SSSR count). The van der Waals surface area contributed by atoms with Crippen LogP contribution >= 0.6 is 11.6 Å². The topological polar surface area (TPSA) is 63.7 Å². The number of aromatic nitrogens is 1. The van der Waals surface area contributed by atoms with E-state index in [9.17, 15) is 4.79 Å². The van der Waals surface area contributed by atoms with Crippen LogP contribution in [0.5, 0.6) is 11.6 Å². The van der Waals surface area contributed by atoms with Crippen molar-refractivity contribution in [1.29, 1.82) is 0 Å². The summed E-state index contributed by atoms with van der Waals surface area (Å²) in [5, 5.41) is 4.20. The number of benzene rings is 1. The number of anilines is 1. The van der Waals surface area contributed by atoms with Crippen LogP contribution in [0.25, 0.3) is 0 Å². The SMILES string of the molecule is CCC(CN1CCCC1)Nc1cc(C)nc(Oc2c(C)cc(Cl)cc2C)c1C(=O)OC. The van der Waals surface area contributed by atoms with Crippen LogP contribution in [-0.2, 0) is 4.74 Å². The van der Waals surface area contributed by atoms with Crippen molar-refractivity contribution < 1.29 is 14.3 Å². The van der Waals surface area contributed by atoms with Crippen LogP contribution in [0.15, 0.2) is 18.2 Å². The Labute approximate surface area is 189 Å². The summed E-state index contributed by atoms with van der Waals surface area (Å²) < 4.78 is 11.3. The summed E-state index contributed by atoms with van der Waals surface area (Å²) >= 11 is 6.16. The number of methoxy groups -OCH3 is 1. The van der Waals surface area contributed by atoms with E-state index in [1.807, 2.05) is 39.0 Å². The lowest BCUT2D eigenvalue weighted by Crippen LogP contribution is -2.35. The van der Waals surface area contributed by atoms with E-state index in [2.05, 4.69) is 22.1 Å². The van der Waals surface area contributed by atoms with E-state index in [-0.39, 0.29) is 11.9 Å². The quantitative estimate of drug-likeness (QED) is 0.539. The standard InChI is InChI=1S/C24H32ClN3O3/c1-6-19(14-28-9-7-8-10-28)27-20-13-17(4)26-23(21(20)24(29)30-5)31-22-15(2)11-18(25)12-16(22)3/h11-13,19H,6-10,14H2,1-5H3,(H,26,27). The van der Waals surface area contributed by atoms with Crippen LogP contribution in [0.1, 0.15) is 53.4 Å². The maximum Gasteiger partial charge on any atom is 0.345 e. The molecule has 7 heteroatoms. The Kier molecular flexibility index (Phi) is 7.79. The minimum absolute atomic E-state index is 0.204. The molecule has 1 aromatic carbocycles. The van der Waals surface area contributed by atoms with Gasteiger partial charge in [0.05, 0.1) is 12.8 Å². The fraction of sp³-hybridized carbons (Fsp3) is 0.500. The van der Waals surface area contributed by atoms with Crippen molar-refractivity contribution in [2.24, 2.45) is 0 Å². The minimum Gasteiger partial charge on any atom is -0.465 e. The molecule has 0 radical (unpaired) electrons. The molecular formula is C24H32ClN3O3. The van der Waals surface area contributed by atoms with Gasteiger partial charge in [-0.3, -0.25) is 0 Å². The number of aryl methyl sites for hydroxylation is 3. The van der Waals surface area contributed by atoms with Crippen molar-refractivity contribution in [3.63, 3.8) is 0 Å². The van der Waals surface area contributed by atoms with Crippen LogP contribution in [0.4, 0.5) is 5.69 Å². The lowest BCUT2D eigenvalue weighted by atomic mass is 10.1. The number of halogens is 1. The van der Waals surface area contributed by atoms with E-state index in [1.165, 1.54) is 20.0 Å². The second-order valence-corrected chi connectivity index (χ2v) is 8.65. The molecule has 0 saturated carbocycles. The molecule has 31 heavy (non-hydrogen) atoms. The predicted molar refractivity (Wildman–Crippen MR) is 125 cm³/mol. The zero-order chi connectivity index (χ0) is 22.5. The van der Waals surface area contributed by atoms with Gasteiger partial charge in [0.25, 0.3) is 0 Å². The van der Waals surface area contributed by atoms with Crippen LogP contribution < -0.4 is 10.1 Å². The fourth-order valence-corrected chi connectivity index (χ4v) is 4.39. The number of pyridine rings is 1. The van der Waals surface area contributed by atoms with Crippen molar-refractivity contribution in [2.75, 3.05) is 32.1 Å². The summed E-state index contributed by atoms with van der Waals surface area (Å²) in [6.45, 7) is 11.1. The Balaban J connectivity index is 1.98. The summed E-state index contributed by atoms with van der Waals surface area (Å²) in [7, 11) is 1.37. The van der Waals surface area contributed by atoms with E-state index in [0.717, 1.165) is 42.9 Å². The fourth-order valence-electron chi connectivity index (χ4n) is 4.06. The van der Waals surface area contributed by atoms with Gasteiger partial charge in [0.15, 0.2) is 0 Å². The number of hydrogen-bond acceptors (Lipinski definition) is 6. The maximum atomic E-state index is 12.8. The molecule has 1 aliphatic heterocycles. The Bertz CT molecular complexity index is 919. The van der Waals surface area contributed by atoms with Crippen LogP contribution in [0.3, 0.4) is 0 Å². The van der Waals surface area contributed by atoms with Gasteiger partial charge in [-0.2, -0.15) is 0 Å². The molecule has 1 aromatic heterocycles. The molecule has 1 N–H and O–H groups in total. The zero-order valence-corrected chi connectivity index (χ0v) is 19.8. The first-order valence-electron chi connectivity index (χ1n) is 10.9. The molecule has 6 nitrogen and oxygen atoms in total. The lowest BCUT2D eigenvalue weighted by Gasteiger charge is -2.26. The third-order valence-corrected chi connectivity index (χ3v) is 5.88. The van der Waals surface area contributed by atoms with Gasteiger partial charge in [-0.15, -0.1) is 0 Å². The molecule has 2 heterocycles. The van der Waals surface area contributed by atoms with Crippen molar-refractivity contribution in [1.82, 2.24) is 9.88 Å². The molecule has 168 valence electrons. The Hall–Kier alpha value is -2.31. The third kappa shape index (κ3) is 5.69. The number of hydrogen-bond donors (Lipinski definition) is 1. The van der Waals surface area contributed by atoms with Crippen molar-refractivity contribution in [2.45, 2.75) is 53.0 Å². The molecule has 1 fully saturated rings. The van der Waals surface area contributed by atoms with Gasteiger partial charge in [0, 0.05) is 23.3 Å². The monoisotopic (exact) mass is 445 g/mol. The number of rotatable bonds is 8. The van der Waals surface area contributed by atoms with Crippen molar-refractivity contribution in [3.8, 4) is 11.6 Å². The van der Waals surface area contributed by atoms with Crippen LogP contribution in [-0.4, -0.2) is 48.6 Å². The smallest absolute Gasteiger partial charge is 0.345 e. The highest BCUT2D eigenvalue weighted by atomic mass is 35.5. The van der Waals surface area contributed by atoms with Crippen LogP contribution in [0.2, 0.25) is 5.02 Å². The van der Waals surface area contributed by atoms with Gasteiger partial charge in [0.1, 0.15) is 11.3 Å². The Morgan fingerprint density at radius 3 is 2.42 bits per heavy atom. The largest absolute Gasteiger partial charge is 0.465 e. The summed E-state index contributed by atoms with van der Waals surface area (Å²) in [6.07, 6.45) is 3.43. The number of nitrogens with zero attached hydrogens (tertiary/aromatic N) is 2. The van der Waals surface area contributed by atoms with E-state index in [4.69, 9.17) is 21.1 Å². The first-order chi connectivity index (χ1) is 14.8. The number of carbonyl (C=O) groups is 1. The van der Waals surface area contributed by atoms with Gasteiger partial charge in [0.2, 0.25) is 5.88 Å². The number of likely N-dealkylation sites (tertiary alicyclic amines) is 1. The first-order valence-corrected chi connectivity index (χ1v) is 11.2. The number of carbonyl (C=O) groups excluding carboxylic acids is 1. The highest BCUT2D eigenvalue weighted by molar-refractivity contribution is 6.30. The average molecular weight is 446 g/mol. The molecule has 1 saturated heterocycles. The molecule has 2 aromatic rings. The van der Waals surface area contributed by atoms with Gasteiger partial charge in [-0.05, 0) is 82.4 Å².